The molecule has 0 amide bonds. The minimum Gasteiger partial charge on any atom is -0.465 e. The number of nitrogens with two attached hydrogens (primary N) is 1. The summed E-state index contributed by atoms with van der Waals surface area (Å²) in [6.45, 7) is 3.25. The predicted octanol–water partition coefficient (Wildman–Crippen LogP) is 1.12. The maximum atomic E-state index is 12.6. The molecule has 1 fully saturated rings. The Labute approximate surface area is 136 Å². The zero-order valence-electron chi connectivity index (χ0n) is 12.7. The van der Waals surface area contributed by atoms with Gasteiger partial charge in [0.15, 0.2) is 0 Å². The number of sulfonamides is 1. The molecule has 1 unspecified atom stereocenters. The standard InChI is InChI=1S/C13H20N2O5S.ClH/c1-7-11(13(16)19-3)12(8(2)20-7)21(17,18)15-10(6-14)9-4-5-9;/h9-10,15H,4-6,14H2,1-3H3;1H. The number of hydrogen-bond acceptors (Lipinski definition) is 6. The molecular weight excluding hydrogens is 332 g/mol. The number of aryl methyl sites for hydroxylation is 2. The number of carbonyl (C=O) groups is 1. The summed E-state index contributed by atoms with van der Waals surface area (Å²) in [5.74, 6) is -0.0949. The van der Waals surface area contributed by atoms with Gasteiger partial charge in [0, 0.05) is 12.6 Å². The maximum absolute atomic E-state index is 12.6. The first-order valence-corrected chi connectivity index (χ1v) is 8.20. The highest BCUT2D eigenvalue weighted by Crippen LogP contribution is 2.34. The van der Waals surface area contributed by atoms with E-state index < -0.39 is 16.0 Å². The van der Waals surface area contributed by atoms with Gasteiger partial charge < -0.3 is 14.9 Å². The molecule has 1 heterocycles. The molecule has 126 valence electrons. The molecule has 7 nitrogen and oxygen atoms in total. The van der Waals surface area contributed by atoms with Gasteiger partial charge in [0.25, 0.3) is 0 Å². The Morgan fingerprint density at radius 2 is 2.00 bits per heavy atom. The summed E-state index contributed by atoms with van der Waals surface area (Å²) in [7, 11) is -2.70. The van der Waals surface area contributed by atoms with Crippen LogP contribution >= 0.6 is 12.4 Å². The van der Waals surface area contributed by atoms with Crippen molar-refractivity contribution in [2.45, 2.75) is 37.6 Å². The molecule has 0 aliphatic heterocycles. The van der Waals surface area contributed by atoms with Crippen molar-refractivity contribution in [1.82, 2.24) is 4.72 Å². The summed E-state index contributed by atoms with van der Waals surface area (Å²) >= 11 is 0. The first-order chi connectivity index (χ1) is 9.81. The number of nitrogens with one attached hydrogen (secondary N) is 1. The fourth-order valence-corrected chi connectivity index (χ4v) is 4.14. The van der Waals surface area contributed by atoms with Crippen LogP contribution in [0.1, 0.15) is 34.7 Å². The van der Waals surface area contributed by atoms with Crippen LogP contribution in [0.2, 0.25) is 0 Å². The highest BCUT2D eigenvalue weighted by atomic mass is 35.5. The molecule has 1 aliphatic carbocycles. The number of rotatable bonds is 6. The van der Waals surface area contributed by atoms with Crippen molar-refractivity contribution >= 4 is 28.4 Å². The van der Waals surface area contributed by atoms with Gasteiger partial charge in [0.1, 0.15) is 22.0 Å². The van der Waals surface area contributed by atoms with Gasteiger partial charge in [-0.1, -0.05) is 0 Å². The van der Waals surface area contributed by atoms with E-state index in [9.17, 15) is 13.2 Å². The summed E-state index contributed by atoms with van der Waals surface area (Å²) in [5, 5.41) is 0. The molecule has 1 aliphatic rings. The van der Waals surface area contributed by atoms with Crippen molar-refractivity contribution in [2.24, 2.45) is 11.7 Å². The van der Waals surface area contributed by atoms with Crippen LogP contribution in [0.5, 0.6) is 0 Å². The van der Waals surface area contributed by atoms with Crippen LogP contribution in [0.3, 0.4) is 0 Å². The van der Waals surface area contributed by atoms with Crippen LogP contribution in [0.25, 0.3) is 0 Å². The summed E-state index contributed by atoms with van der Waals surface area (Å²) in [5.41, 5.74) is 5.56. The summed E-state index contributed by atoms with van der Waals surface area (Å²) in [6.07, 6.45) is 1.91. The van der Waals surface area contributed by atoms with Gasteiger partial charge in [-0.3, -0.25) is 0 Å². The van der Waals surface area contributed by atoms with Gasteiger partial charge in [-0.05, 0) is 32.6 Å². The lowest BCUT2D eigenvalue weighted by atomic mass is 10.2. The second-order valence-electron chi connectivity index (χ2n) is 5.21. The van der Waals surface area contributed by atoms with E-state index in [1.807, 2.05) is 0 Å². The first-order valence-electron chi connectivity index (χ1n) is 6.72. The lowest BCUT2D eigenvalue weighted by molar-refractivity contribution is 0.0595. The average molecular weight is 353 g/mol. The van der Waals surface area contributed by atoms with E-state index >= 15 is 0 Å². The average Bonchev–Trinajstić information content (AvgIpc) is 3.20. The Kier molecular flexibility index (Phi) is 6.03. The third-order valence-corrected chi connectivity index (χ3v) is 5.26. The Morgan fingerprint density at radius 1 is 1.41 bits per heavy atom. The number of ether oxygens (including phenoxy) is 1. The zero-order chi connectivity index (χ0) is 15.8. The Bertz CT molecular complexity index is 652. The van der Waals surface area contributed by atoms with Crippen LogP contribution in [-0.2, 0) is 14.8 Å². The monoisotopic (exact) mass is 352 g/mol. The van der Waals surface area contributed by atoms with E-state index in [-0.39, 0.29) is 52.9 Å². The zero-order valence-corrected chi connectivity index (χ0v) is 14.3. The van der Waals surface area contributed by atoms with Gasteiger partial charge in [0.05, 0.1) is 7.11 Å². The van der Waals surface area contributed by atoms with E-state index in [4.69, 9.17) is 10.2 Å². The molecule has 1 aromatic rings. The summed E-state index contributed by atoms with van der Waals surface area (Å²) in [4.78, 5) is 11.7. The number of carbonyl (C=O) groups excluding carboxylic acids is 1. The number of methoxy groups -OCH3 is 1. The third kappa shape index (κ3) is 3.62. The minimum atomic E-state index is -3.90. The number of hydrogen-bond donors (Lipinski definition) is 2. The molecule has 0 bridgehead atoms. The molecule has 2 rings (SSSR count). The Hall–Kier alpha value is -1.09. The molecule has 1 aromatic heterocycles. The molecule has 1 saturated carbocycles. The van der Waals surface area contributed by atoms with Gasteiger partial charge in [-0.15, -0.1) is 12.4 Å². The van der Waals surface area contributed by atoms with Crippen molar-refractivity contribution in [2.75, 3.05) is 13.7 Å². The Balaban J connectivity index is 0.00000242. The molecule has 1 atom stereocenters. The third-order valence-electron chi connectivity index (χ3n) is 3.61. The SMILES string of the molecule is COC(=O)c1c(C)oc(C)c1S(=O)(=O)NC(CN)C1CC1.Cl. The van der Waals surface area contributed by atoms with Crippen LogP contribution < -0.4 is 10.5 Å². The second kappa shape index (κ2) is 6.99. The predicted molar refractivity (Wildman–Crippen MR) is 82.7 cm³/mol. The minimum absolute atomic E-state index is 0. The molecule has 0 aromatic carbocycles. The number of halogens is 1. The molecule has 22 heavy (non-hydrogen) atoms. The Morgan fingerprint density at radius 3 is 2.45 bits per heavy atom. The van der Waals surface area contributed by atoms with Crippen molar-refractivity contribution < 1.29 is 22.4 Å². The molecule has 9 heteroatoms. The van der Waals surface area contributed by atoms with Crippen LogP contribution in [0, 0.1) is 19.8 Å². The van der Waals surface area contributed by atoms with Gasteiger partial charge >= 0.3 is 5.97 Å². The molecule has 3 N–H and O–H groups in total. The maximum Gasteiger partial charge on any atom is 0.342 e. The second-order valence-corrected chi connectivity index (χ2v) is 6.86. The van der Waals surface area contributed by atoms with E-state index in [0.717, 1.165) is 12.8 Å². The van der Waals surface area contributed by atoms with Crippen LogP contribution in [-0.4, -0.2) is 34.1 Å². The van der Waals surface area contributed by atoms with Crippen molar-refractivity contribution in [3.8, 4) is 0 Å². The molecular formula is C13H21ClN2O5S. The molecule has 0 radical (unpaired) electrons. The number of esters is 1. The normalized spacial score (nSPS) is 16.0. The van der Waals surface area contributed by atoms with Crippen LogP contribution in [0.4, 0.5) is 0 Å². The quantitative estimate of drug-likeness (QED) is 0.742. The van der Waals surface area contributed by atoms with Crippen molar-refractivity contribution in [3.05, 3.63) is 17.1 Å². The van der Waals surface area contributed by atoms with Gasteiger partial charge in [-0.2, -0.15) is 0 Å². The fraction of sp³-hybridized carbons (Fsp3) is 0.615. The lowest BCUT2D eigenvalue weighted by Crippen LogP contribution is -2.42. The van der Waals surface area contributed by atoms with E-state index in [1.54, 1.807) is 0 Å². The molecule has 0 spiro atoms. The van der Waals surface area contributed by atoms with Gasteiger partial charge in [-0.25, -0.2) is 17.9 Å². The van der Waals surface area contributed by atoms with Gasteiger partial charge in [0.2, 0.25) is 10.0 Å². The van der Waals surface area contributed by atoms with E-state index in [0.29, 0.717) is 0 Å². The topological polar surface area (TPSA) is 112 Å². The first kappa shape index (κ1) is 19.0. The van der Waals surface area contributed by atoms with Crippen molar-refractivity contribution in [3.63, 3.8) is 0 Å². The van der Waals surface area contributed by atoms with Crippen LogP contribution in [0.15, 0.2) is 9.31 Å². The largest absolute Gasteiger partial charge is 0.465 e. The summed E-state index contributed by atoms with van der Waals surface area (Å²) in [6, 6.07) is -0.324. The molecule has 0 saturated heterocycles. The summed E-state index contributed by atoms with van der Waals surface area (Å²) < 4.78 is 37.7. The highest BCUT2D eigenvalue weighted by Gasteiger charge is 2.37. The van der Waals surface area contributed by atoms with Crippen molar-refractivity contribution in [1.29, 1.82) is 0 Å². The lowest BCUT2D eigenvalue weighted by Gasteiger charge is -2.16. The highest BCUT2D eigenvalue weighted by molar-refractivity contribution is 7.89. The number of furan rings is 1. The smallest absolute Gasteiger partial charge is 0.342 e. The fourth-order valence-electron chi connectivity index (χ4n) is 2.42. The van der Waals surface area contributed by atoms with E-state index in [1.165, 1.54) is 21.0 Å². The van der Waals surface area contributed by atoms with E-state index in [2.05, 4.69) is 9.46 Å².